The van der Waals surface area contributed by atoms with Crippen LogP contribution in [0, 0.1) is 17.2 Å². The fourth-order valence-corrected chi connectivity index (χ4v) is 15.2. The van der Waals surface area contributed by atoms with Gasteiger partial charge in [0.1, 0.15) is 6.10 Å². The molecule has 17 nitrogen and oxygen atoms in total. The van der Waals surface area contributed by atoms with Crippen molar-refractivity contribution in [2.45, 2.75) is 127 Å². The first kappa shape index (κ1) is 56.7. The van der Waals surface area contributed by atoms with Gasteiger partial charge in [-0.25, -0.2) is 0 Å². The largest absolute Gasteiger partial charge is 0.678 e. The van der Waals surface area contributed by atoms with E-state index in [0.29, 0.717) is 81.9 Å². The molecule has 59 heavy (non-hydrogen) atoms. The van der Waals surface area contributed by atoms with Gasteiger partial charge in [0, 0.05) is 121 Å². The van der Waals surface area contributed by atoms with Gasteiger partial charge in [-0.05, 0) is 71.6 Å². The highest BCUT2D eigenvalue weighted by atomic mass is 28.4. The van der Waals surface area contributed by atoms with Crippen LogP contribution in [0.4, 0.5) is 0 Å². The third-order valence-corrected chi connectivity index (χ3v) is 21.9. The van der Waals surface area contributed by atoms with E-state index in [1.807, 2.05) is 20.8 Å². The summed E-state index contributed by atoms with van der Waals surface area (Å²) in [5, 5.41) is 8.54. The zero-order valence-corrected chi connectivity index (χ0v) is 42.5. The summed E-state index contributed by atoms with van der Waals surface area (Å²) < 4.78 is 86.2. The van der Waals surface area contributed by atoms with E-state index >= 15 is 0 Å². The van der Waals surface area contributed by atoms with Gasteiger partial charge in [0.15, 0.2) is 0 Å². The maximum Gasteiger partial charge on any atom is 0.678 e. The first-order valence-corrected chi connectivity index (χ1v) is 28.6. The van der Waals surface area contributed by atoms with Gasteiger partial charge >= 0.3 is 35.5 Å². The summed E-state index contributed by atoms with van der Waals surface area (Å²) in [6.45, 7) is 10.3. The second-order valence-corrected chi connectivity index (χ2v) is 25.8. The second kappa shape index (κ2) is 32.4. The van der Waals surface area contributed by atoms with E-state index in [-0.39, 0.29) is 0 Å². The van der Waals surface area contributed by atoms with Gasteiger partial charge in [0.05, 0.1) is 31.5 Å². The number of ether oxygens (including phenoxy) is 3. The molecule has 0 aromatic carbocycles. The van der Waals surface area contributed by atoms with Crippen LogP contribution >= 0.6 is 0 Å². The standard InChI is InChI=1S/C11H22O5Si.C9H19NO3Si.C9H20O5Si.C9H20O3Si/c1-12-17(13-2,14-3)15-7-6-9-4-5-10-11(8-9)16-10;1-4-11-14(12-5-2,13-6-3)9-7-8-10;1-10-15(11-2,12-3)6-4-5-13-7-9-8-14-9;1-10-13(11-2,12-3)9-7-5-4-6-8-9/h9-11H,4-8H2,1-3H3;4-7,9H2,1-3H3;9H,4-8H2,1-3H3;9H,4-8H2,1-3H3. The lowest BCUT2D eigenvalue weighted by Crippen LogP contribution is -2.48. The molecule has 0 aromatic rings. The van der Waals surface area contributed by atoms with Gasteiger partial charge in [0.2, 0.25) is 0 Å². The average Bonchev–Trinajstić information content (AvgIpc) is 4.23. The molecule has 0 bridgehead atoms. The highest BCUT2D eigenvalue weighted by molar-refractivity contribution is 6.62. The van der Waals surface area contributed by atoms with Crippen LogP contribution < -0.4 is 0 Å². The van der Waals surface area contributed by atoms with Gasteiger partial charge < -0.3 is 71.7 Å². The fourth-order valence-electron chi connectivity index (χ4n) is 7.27. The van der Waals surface area contributed by atoms with Crippen molar-refractivity contribution >= 4 is 35.5 Å². The maximum absolute atomic E-state index is 8.54. The van der Waals surface area contributed by atoms with Crippen LogP contribution in [0.25, 0.3) is 0 Å². The summed E-state index contributed by atoms with van der Waals surface area (Å²) in [6.07, 6.45) is 13.7. The monoisotopic (exact) mass is 919 g/mol. The molecule has 21 heteroatoms. The highest BCUT2D eigenvalue weighted by Crippen LogP contribution is 2.41. The molecule has 2 saturated carbocycles. The van der Waals surface area contributed by atoms with Gasteiger partial charge in [-0.15, -0.1) is 0 Å². The Hall–Kier alpha value is -0.282. The highest BCUT2D eigenvalue weighted by Gasteiger charge is 2.48. The Morgan fingerprint density at radius 2 is 1.17 bits per heavy atom. The van der Waals surface area contributed by atoms with E-state index in [1.165, 1.54) is 51.4 Å². The molecule has 4 rings (SSSR count). The summed E-state index contributed by atoms with van der Waals surface area (Å²) in [5.74, 6) is 0.705. The number of hydrogen-bond donors (Lipinski definition) is 0. The number of rotatable bonds is 28. The average molecular weight is 920 g/mol. The summed E-state index contributed by atoms with van der Waals surface area (Å²) >= 11 is 0. The predicted molar refractivity (Wildman–Crippen MR) is 229 cm³/mol. The zero-order valence-electron chi connectivity index (χ0n) is 38.5. The van der Waals surface area contributed by atoms with E-state index in [0.717, 1.165) is 25.5 Å². The van der Waals surface area contributed by atoms with Crippen molar-refractivity contribution in [3.63, 3.8) is 0 Å². The Kier molecular flexibility index (Phi) is 31.1. The summed E-state index contributed by atoms with van der Waals surface area (Å²) in [4.78, 5) is 0. The smallest absolute Gasteiger partial charge is 0.379 e. The third kappa shape index (κ3) is 21.3. The lowest BCUT2D eigenvalue weighted by molar-refractivity contribution is 0.00230. The lowest BCUT2D eigenvalue weighted by Gasteiger charge is -2.34. The van der Waals surface area contributed by atoms with Crippen LogP contribution in [0.15, 0.2) is 0 Å². The number of hydrogen-bond acceptors (Lipinski definition) is 17. The number of nitriles is 1. The molecule has 4 aliphatic rings. The van der Waals surface area contributed by atoms with Gasteiger partial charge in [-0.2, -0.15) is 5.26 Å². The molecule has 350 valence electrons. The molecule has 4 unspecified atom stereocenters. The number of fused-ring (bicyclic) bond motifs is 1. The molecule has 2 aliphatic carbocycles. The quantitative estimate of drug-likeness (QED) is 0.0495. The Balaban J connectivity index is 0.000000396. The molecular weight excluding hydrogens is 839 g/mol. The molecule has 2 aliphatic heterocycles. The van der Waals surface area contributed by atoms with Crippen LogP contribution in [0.2, 0.25) is 17.6 Å². The Labute approximate surface area is 361 Å². The molecule has 2 heterocycles. The Bertz CT molecular complexity index is 1020. The minimum absolute atomic E-state index is 0.333. The van der Waals surface area contributed by atoms with Crippen molar-refractivity contribution in [2.75, 3.05) is 110 Å². The first-order chi connectivity index (χ1) is 28.5. The summed E-state index contributed by atoms with van der Waals surface area (Å²) in [5.41, 5.74) is 0.515. The SMILES string of the molecule is CCO[Si](CCC#N)(OCC)OCC.CO[Si](CCCOCC1CO1)(OC)OC.CO[Si](OC)(OC)C1CCCCC1.CO[Si](OC)(OC)OCCC1CCC2OC2C1. The molecule has 0 N–H and O–H groups in total. The zero-order chi connectivity index (χ0) is 44.0. The van der Waals surface area contributed by atoms with Crippen LogP contribution in [0.5, 0.6) is 0 Å². The number of nitrogens with zero attached hydrogens (tertiary/aromatic N) is 1. The predicted octanol–water partition coefficient (Wildman–Crippen LogP) is 6.15. The van der Waals surface area contributed by atoms with Crippen molar-refractivity contribution in [3.05, 3.63) is 0 Å². The number of epoxide rings is 2. The first-order valence-electron chi connectivity index (χ1n) is 21.3. The van der Waals surface area contributed by atoms with Crippen LogP contribution in [0.3, 0.4) is 0 Å². The molecular formula is C38H81NO16Si4. The normalized spacial score (nSPS) is 21.7. The Morgan fingerprint density at radius 3 is 1.61 bits per heavy atom. The fraction of sp³-hybridized carbons (Fsp3) is 0.974. The van der Waals surface area contributed by atoms with E-state index in [9.17, 15) is 0 Å². The van der Waals surface area contributed by atoms with Crippen molar-refractivity contribution in [2.24, 2.45) is 5.92 Å². The van der Waals surface area contributed by atoms with E-state index in [4.69, 9.17) is 77.0 Å². The summed E-state index contributed by atoms with van der Waals surface area (Å²) in [7, 11) is 4.56. The van der Waals surface area contributed by atoms with Crippen LogP contribution in [0.1, 0.15) is 91.4 Å². The molecule has 4 fully saturated rings. The minimum Gasteiger partial charge on any atom is -0.379 e. The van der Waals surface area contributed by atoms with Gasteiger partial charge in [-0.3, -0.25) is 0 Å². The van der Waals surface area contributed by atoms with E-state index in [1.54, 1.807) is 64.0 Å². The second-order valence-electron chi connectivity index (χ2n) is 14.3. The van der Waals surface area contributed by atoms with Gasteiger partial charge in [-0.1, -0.05) is 19.3 Å². The topological polar surface area (TPSA) is 178 Å². The molecule has 0 spiro atoms. The van der Waals surface area contributed by atoms with Crippen LogP contribution in [-0.2, 0) is 71.7 Å². The molecule has 4 atom stereocenters. The van der Waals surface area contributed by atoms with Crippen molar-refractivity contribution < 1.29 is 71.7 Å². The van der Waals surface area contributed by atoms with Crippen molar-refractivity contribution in [3.8, 4) is 6.07 Å². The minimum atomic E-state index is -2.84. The molecule has 0 aromatic heterocycles. The third-order valence-electron chi connectivity index (χ3n) is 10.7. The maximum atomic E-state index is 8.54. The molecule has 2 saturated heterocycles. The van der Waals surface area contributed by atoms with E-state index in [2.05, 4.69) is 6.07 Å². The van der Waals surface area contributed by atoms with Crippen molar-refractivity contribution in [1.82, 2.24) is 0 Å². The van der Waals surface area contributed by atoms with Crippen molar-refractivity contribution in [1.29, 1.82) is 5.26 Å². The molecule has 0 radical (unpaired) electrons. The van der Waals surface area contributed by atoms with E-state index < -0.39 is 35.5 Å². The Morgan fingerprint density at radius 1 is 0.610 bits per heavy atom. The summed E-state index contributed by atoms with van der Waals surface area (Å²) in [6, 6.07) is 3.46. The van der Waals surface area contributed by atoms with Gasteiger partial charge in [0.25, 0.3) is 0 Å². The lowest BCUT2D eigenvalue weighted by atomic mass is 9.87. The molecule has 0 amide bonds. The van der Waals surface area contributed by atoms with Crippen LogP contribution in [-0.4, -0.2) is 164 Å².